The van der Waals surface area contributed by atoms with E-state index in [4.69, 9.17) is 9.15 Å². The minimum atomic E-state index is -0.362. The summed E-state index contributed by atoms with van der Waals surface area (Å²) in [5, 5.41) is 0. The van der Waals surface area contributed by atoms with Gasteiger partial charge in [0, 0.05) is 26.4 Å². The Morgan fingerprint density at radius 1 is 1.17 bits per heavy atom. The fourth-order valence-electron chi connectivity index (χ4n) is 2.94. The highest BCUT2D eigenvalue weighted by molar-refractivity contribution is 5.76. The lowest BCUT2D eigenvalue weighted by Gasteiger charge is -2.17. The van der Waals surface area contributed by atoms with Crippen molar-refractivity contribution in [2.45, 2.75) is 26.2 Å². The average Bonchev–Trinajstić information content (AvgIpc) is 3.19. The van der Waals surface area contributed by atoms with Gasteiger partial charge in [0.05, 0.1) is 18.4 Å². The maximum absolute atomic E-state index is 13.8. The first kappa shape index (κ1) is 20.6. The van der Waals surface area contributed by atoms with Crippen molar-refractivity contribution in [1.29, 1.82) is 0 Å². The van der Waals surface area contributed by atoms with E-state index in [0.717, 1.165) is 17.7 Å². The lowest BCUT2D eigenvalue weighted by atomic mass is 10.2. The Hall–Kier alpha value is -3.15. The third-order valence-electron chi connectivity index (χ3n) is 4.66. The van der Waals surface area contributed by atoms with Crippen LogP contribution in [-0.4, -0.2) is 36.0 Å². The molecule has 3 aromatic rings. The molecule has 5 nitrogen and oxygen atoms in total. The molecule has 0 N–H and O–H groups in total. The summed E-state index contributed by atoms with van der Waals surface area (Å²) >= 11 is 0. The Morgan fingerprint density at radius 3 is 2.72 bits per heavy atom. The van der Waals surface area contributed by atoms with Gasteiger partial charge in [-0.1, -0.05) is 30.3 Å². The van der Waals surface area contributed by atoms with Crippen molar-refractivity contribution in [3.05, 3.63) is 72.0 Å². The highest BCUT2D eigenvalue weighted by atomic mass is 19.1. The van der Waals surface area contributed by atoms with Crippen LogP contribution in [0.15, 0.2) is 59.1 Å². The second-order valence-electron chi connectivity index (χ2n) is 6.88. The second kappa shape index (κ2) is 9.87. The minimum absolute atomic E-state index is 0.00605. The van der Waals surface area contributed by atoms with Gasteiger partial charge in [0.2, 0.25) is 5.91 Å². The summed E-state index contributed by atoms with van der Waals surface area (Å²) in [6, 6.07) is 14.2. The van der Waals surface area contributed by atoms with E-state index in [1.165, 1.54) is 12.3 Å². The molecule has 1 amide bonds. The van der Waals surface area contributed by atoms with E-state index in [0.29, 0.717) is 36.8 Å². The molecule has 0 radical (unpaired) electrons. The predicted molar refractivity (Wildman–Crippen MR) is 109 cm³/mol. The summed E-state index contributed by atoms with van der Waals surface area (Å²) in [5.74, 6) is 1.31. The Balaban J connectivity index is 1.41. The quantitative estimate of drug-likeness (QED) is 0.494. The van der Waals surface area contributed by atoms with Gasteiger partial charge in [0.1, 0.15) is 11.6 Å². The number of amides is 1. The third-order valence-corrected chi connectivity index (χ3v) is 4.66. The molecule has 3 rings (SSSR count). The Kier molecular flexibility index (Phi) is 7.00. The molecule has 1 heterocycles. The van der Waals surface area contributed by atoms with Crippen molar-refractivity contribution >= 4 is 5.91 Å². The Labute approximate surface area is 170 Å². The average molecular weight is 396 g/mol. The smallest absolute Gasteiger partial charge is 0.222 e. The van der Waals surface area contributed by atoms with Crippen LogP contribution in [0.2, 0.25) is 0 Å². The van der Waals surface area contributed by atoms with Crippen LogP contribution >= 0.6 is 0 Å². The standard InChI is InChI=1S/C23H25FN2O3/c1-17-8-3-6-11-20(17)28-15-7-14-26(2)23(27)13-12-22-25-16-21(29-22)18-9-4-5-10-19(18)24/h3-6,8-11,16H,7,12-15H2,1-2H3. The molecule has 0 aliphatic rings. The van der Waals surface area contributed by atoms with Gasteiger partial charge < -0.3 is 14.1 Å². The fraction of sp³-hybridized carbons (Fsp3) is 0.304. The number of aryl methyl sites for hydroxylation is 2. The van der Waals surface area contributed by atoms with Crippen molar-refractivity contribution in [2.24, 2.45) is 0 Å². The summed E-state index contributed by atoms with van der Waals surface area (Å²) in [4.78, 5) is 18.2. The zero-order chi connectivity index (χ0) is 20.6. The first-order chi connectivity index (χ1) is 14.0. The number of hydrogen-bond acceptors (Lipinski definition) is 4. The van der Waals surface area contributed by atoms with E-state index in [2.05, 4.69) is 4.98 Å². The number of halogens is 1. The summed E-state index contributed by atoms with van der Waals surface area (Å²) in [5.41, 5.74) is 1.46. The first-order valence-electron chi connectivity index (χ1n) is 9.66. The van der Waals surface area contributed by atoms with Crippen LogP contribution in [0.5, 0.6) is 5.75 Å². The summed E-state index contributed by atoms with van der Waals surface area (Å²) in [7, 11) is 1.77. The van der Waals surface area contributed by atoms with Crippen molar-refractivity contribution < 1.29 is 18.3 Å². The molecule has 29 heavy (non-hydrogen) atoms. The normalized spacial score (nSPS) is 10.7. The van der Waals surface area contributed by atoms with Crippen molar-refractivity contribution in [2.75, 3.05) is 20.2 Å². The number of aromatic nitrogens is 1. The molecule has 0 saturated carbocycles. The highest BCUT2D eigenvalue weighted by Crippen LogP contribution is 2.23. The molecule has 0 atom stereocenters. The molecule has 0 aliphatic carbocycles. The van der Waals surface area contributed by atoms with E-state index in [1.54, 1.807) is 30.1 Å². The van der Waals surface area contributed by atoms with Gasteiger partial charge in [-0.15, -0.1) is 0 Å². The van der Waals surface area contributed by atoms with Crippen LogP contribution in [0.25, 0.3) is 11.3 Å². The van der Waals surface area contributed by atoms with Gasteiger partial charge in [0.25, 0.3) is 0 Å². The highest BCUT2D eigenvalue weighted by Gasteiger charge is 2.13. The third kappa shape index (κ3) is 5.67. The Bertz CT molecular complexity index is 955. The van der Waals surface area contributed by atoms with Gasteiger partial charge in [-0.2, -0.15) is 0 Å². The van der Waals surface area contributed by atoms with E-state index in [9.17, 15) is 9.18 Å². The predicted octanol–water partition coefficient (Wildman–Crippen LogP) is 4.65. The number of carbonyl (C=O) groups excluding carboxylic acids is 1. The maximum Gasteiger partial charge on any atom is 0.222 e. The molecule has 0 spiro atoms. The fourth-order valence-corrected chi connectivity index (χ4v) is 2.94. The number of carbonyl (C=O) groups is 1. The van der Waals surface area contributed by atoms with E-state index >= 15 is 0 Å². The van der Waals surface area contributed by atoms with E-state index in [-0.39, 0.29) is 18.1 Å². The first-order valence-corrected chi connectivity index (χ1v) is 9.66. The minimum Gasteiger partial charge on any atom is -0.493 e. The van der Waals surface area contributed by atoms with Crippen LogP contribution in [-0.2, 0) is 11.2 Å². The maximum atomic E-state index is 13.8. The van der Waals surface area contributed by atoms with Crippen molar-refractivity contribution in [3.63, 3.8) is 0 Å². The number of oxazole rings is 1. The Morgan fingerprint density at radius 2 is 1.93 bits per heavy atom. The molecule has 6 heteroatoms. The number of rotatable bonds is 9. The van der Waals surface area contributed by atoms with Crippen LogP contribution in [0.3, 0.4) is 0 Å². The molecule has 0 saturated heterocycles. The SMILES string of the molecule is Cc1ccccc1OCCCN(C)C(=O)CCc1ncc(-c2ccccc2F)o1. The summed E-state index contributed by atoms with van der Waals surface area (Å²) < 4.78 is 25.2. The van der Waals surface area contributed by atoms with Gasteiger partial charge in [-0.05, 0) is 37.1 Å². The largest absolute Gasteiger partial charge is 0.493 e. The van der Waals surface area contributed by atoms with Gasteiger partial charge >= 0.3 is 0 Å². The lowest BCUT2D eigenvalue weighted by molar-refractivity contribution is -0.130. The molecule has 0 fully saturated rings. The molecule has 0 aliphatic heterocycles. The zero-order valence-corrected chi connectivity index (χ0v) is 16.7. The molecule has 2 aromatic carbocycles. The van der Waals surface area contributed by atoms with Crippen LogP contribution < -0.4 is 4.74 Å². The van der Waals surface area contributed by atoms with Gasteiger partial charge in [-0.3, -0.25) is 4.79 Å². The number of para-hydroxylation sites is 1. The van der Waals surface area contributed by atoms with Crippen molar-refractivity contribution in [3.8, 4) is 17.1 Å². The van der Waals surface area contributed by atoms with Crippen LogP contribution in [0, 0.1) is 12.7 Å². The molecule has 152 valence electrons. The van der Waals surface area contributed by atoms with Gasteiger partial charge in [-0.25, -0.2) is 9.37 Å². The van der Waals surface area contributed by atoms with Crippen molar-refractivity contribution in [1.82, 2.24) is 9.88 Å². The number of benzene rings is 2. The number of ether oxygens (including phenoxy) is 1. The summed E-state index contributed by atoms with van der Waals surface area (Å²) in [6.45, 7) is 3.16. The molecular weight excluding hydrogens is 371 g/mol. The summed E-state index contributed by atoms with van der Waals surface area (Å²) in [6.07, 6.45) is 2.89. The molecule has 0 bridgehead atoms. The number of nitrogens with zero attached hydrogens (tertiary/aromatic N) is 2. The second-order valence-corrected chi connectivity index (χ2v) is 6.88. The zero-order valence-electron chi connectivity index (χ0n) is 16.7. The van der Waals surface area contributed by atoms with E-state index < -0.39 is 0 Å². The molecular formula is C23H25FN2O3. The van der Waals surface area contributed by atoms with Gasteiger partial charge in [0.15, 0.2) is 11.7 Å². The number of hydrogen-bond donors (Lipinski definition) is 0. The van der Waals surface area contributed by atoms with Crippen LogP contribution in [0.4, 0.5) is 4.39 Å². The monoisotopic (exact) mass is 396 g/mol. The van der Waals surface area contributed by atoms with Crippen LogP contribution in [0.1, 0.15) is 24.3 Å². The molecule has 1 aromatic heterocycles. The molecule has 0 unspecified atom stereocenters. The van der Waals surface area contributed by atoms with E-state index in [1.807, 2.05) is 31.2 Å². The lowest BCUT2D eigenvalue weighted by Crippen LogP contribution is -2.28. The topological polar surface area (TPSA) is 55.6 Å².